The molecule has 2 rings (SSSR count). The summed E-state index contributed by atoms with van der Waals surface area (Å²) in [7, 11) is 0. The van der Waals surface area contributed by atoms with Gasteiger partial charge < -0.3 is 5.32 Å². The number of aromatic nitrogens is 2. The van der Waals surface area contributed by atoms with Crippen LogP contribution in [0.2, 0.25) is 0 Å². The minimum Gasteiger partial charge on any atom is -0.372 e. The SMILES string of the molecule is Cc1cnn(CCNC2=NCCCC2)c1. The molecule has 0 bridgehead atoms. The van der Waals surface area contributed by atoms with Crippen LogP contribution in [0.3, 0.4) is 0 Å². The monoisotopic (exact) mass is 206 g/mol. The first kappa shape index (κ1) is 10.2. The van der Waals surface area contributed by atoms with E-state index in [2.05, 4.69) is 28.5 Å². The van der Waals surface area contributed by atoms with Gasteiger partial charge in [-0.15, -0.1) is 0 Å². The fraction of sp³-hybridized carbons (Fsp3) is 0.636. The van der Waals surface area contributed by atoms with Crippen molar-refractivity contribution in [2.45, 2.75) is 32.7 Å². The van der Waals surface area contributed by atoms with Gasteiger partial charge in [0.1, 0.15) is 0 Å². The van der Waals surface area contributed by atoms with Crippen molar-refractivity contribution >= 4 is 5.84 Å². The molecule has 0 unspecified atom stereocenters. The zero-order valence-corrected chi connectivity index (χ0v) is 9.24. The highest BCUT2D eigenvalue weighted by Crippen LogP contribution is 2.03. The molecule has 2 heterocycles. The summed E-state index contributed by atoms with van der Waals surface area (Å²) >= 11 is 0. The number of rotatable bonds is 3. The molecule has 15 heavy (non-hydrogen) atoms. The smallest absolute Gasteiger partial charge is 0.0963 e. The second-order valence-corrected chi connectivity index (χ2v) is 3.99. The van der Waals surface area contributed by atoms with Gasteiger partial charge in [0.25, 0.3) is 0 Å². The Morgan fingerprint density at radius 2 is 2.40 bits per heavy atom. The third kappa shape index (κ3) is 3.08. The van der Waals surface area contributed by atoms with Gasteiger partial charge in [0.05, 0.1) is 18.6 Å². The normalized spacial score (nSPS) is 16.2. The molecule has 0 saturated carbocycles. The van der Waals surface area contributed by atoms with E-state index in [4.69, 9.17) is 0 Å². The highest BCUT2D eigenvalue weighted by atomic mass is 15.3. The van der Waals surface area contributed by atoms with E-state index in [0.717, 1.165) is 26.1 Å². The summed E-state index contributed by atoms with van der Waals surface area (Å²) in [5.74, 6) is 1.17. The lowest BCUT2D eigenvalue weighted by Crippen LogP contribution is -2.29. The number of hydrogen-bond donors (Lipinski definition) is 1. The summed E-state index contributed by atoms with van der Waals surface area (Å²) in [6, 6.07) is 0. The molecule has 1 N–H and O–H groups in total. The maximum Gasteiger partial charge on any atom is 0.0963 e. The summed E-state index contributed by atoms with van der Waals surface area (Å²) in [6.07, 6.45) is 7.57. The number of hydrogen-bond acceptors (Lipinski definition) is 3. The highest BCUT2D eigenvalue weighted by Gasteiger charge is 2.03. The fourth-order valence-corrected chi connectivity index (χ4v) is 1.75. The summed E-state index contributed by atoms with van der Waals surface area (Å²) in [6.45, 7) is 4.87. The molecule has 4 heteroatoms. The third-order valence-electron chi connectivity index (χ3n) is 2.56. The van der Waals surface area contributed by atoms with Gasteiger partial charge in [-0.2, -0.15) is 5.10 Å². The van der Waals surface area contributed by atoms with Gasteiger partial charge in [-0.1, -0.05) is 0 Å². The fourth-order valence-electron chi connectivity index (χ4n) is 1.75. The van der Waals surface area contributed by atoms with E-state index in [1.165, 1.54) is 24.2 Å². The molecule has 1 aromatic rings. The van der Waals surface area contributed by atoms with Crippen LogP contribution in [0.1, 0.15) is 24.8 Å². The van der Waals surface area contributed by atoms with Gasteiger partial charge in [-0.05, 0) is 25.3 Å². The molecule has 1 aliphatic heterocycles. The van der Waals surface area contributed by atoms with Gasteiger partial charge in [-0.3, -0.25) is 9.67 Å². The largest absolute Gasteiger partial charge is 0.372 e. The van der Waals surface area contributed by atoms with E-state index in [0.29, 0.717) is 0 Å². The molecular formula is C11H18N4. The Morgan fingerprint density at radius 3 is 3.07 bits per heavy atom. The van der Waals surface area contributed by atoms with Gasteiger partial charge in [0.2, 0.25) is 0 Å². The van der Waals surface area contributed by atoms with Crippen LogP contribution in [-0.2, 0) is 6.54 Å². The Hall–Kier alpha value is -1.32. The van der Waals surface area contributed by atoms with Crippen LogP contribution in [0.25, 0.3) is 0 Å². The lowest BCUT2D eigenvalue weighted by molar-refractivity contribution is 0.594. The Labute approximate surface area is 90.4 Å². The van der Waals surface area contributed by atoms with E-state index < -0.39 is 0 Å². The van der Waals surface area contributed by atoms with Gasteiger partial charge >= 0.3 is 0 Å². The number of aryl methyl sites for hydroxylation is 1. The van der Waals surface area contributed by atoms with Crippen LogP contribution in [0, 0.1) is 6.92 Å². The Balaban J connectivity index is 1.72. The zero-order chi connectivity index (χ0) is 10.5. The average Bonchev–Trinajstić information content (AvgIpc) is 2.66. The molecule has 0 fully saturated rings. The predicted molar refractivity (Wildman–Crippen MR) is 61.1 cm³/mol. The summed E-state index contributed by atoms with van der Waals surface area (Å²) in [5, 5.41) is 7.60. The molecule has 0 spiro atoms. The number of nitrogens with one attached hydrogen (secondary N) is 1. The van der Waals surface area contributed by atoms with Crippen molar-refractivity contribution in [1.82, 2.24) is 15.1 Å². The summed E-state index contributed by atoms with van der Waals surface area (Å²) in [4.78, 5) is 4.44. The van der Waals surface area contributed by atoms with Crippen molar-refractivity contribution in [3.8, 4) is 0 Å². The molecule has 0 radical (unpaired) electrons. The minimum atomic E-state index is 0.910. The van der Waals surface area contributed by atoms with E-state index in [1.54, 1.807) is 0 Å². The van der Waals surface area contributed by atoms with E-state index in [-0.39, 0.29) is 0 Å². The van der Waals surface area contributed by atoms with Crippen molar-refractivity contribution in [3.05, 3.63) is 18.0 Å². The predicted octanol–water partition coefficient (Wildman–Crippen LogP) is 1.36. The third-order valence-corrected chi connectivity index (χ3v) is 2.56. The van der Waals surface area contributed by atoms with Crippen LogP contribution in [0.4, 0.5) is 0 Å². The van der Waals surface area contributed by atoms with E-state index >= 15 is 0 Å². The van der Waals surface area contributed by atoms with E-state index in [9.17, 15) is 0 Å². The number of aliphatic imine (C=N–C) groups is 1. The van der Waals surface area contributed by atoms with Gasteiger partial charge in [0.15, 0.2) is 0 Å². The first-order chi connectivity index (χ1) is 7.34. The molecule has 0 aromatic carbocycles. The molecule has 1 aromatic heterocycles. The van der Waals surface area contributed by atoms with Crippen LogP contribution >= 0.6 is 0 Å². The molecular weight excluding hydrogens is 188 g/mol. The first-order valence-electron chi connectivity index (χ1n) is 5.61. The number of amidine groups is 1. The number of nitrogens with zero attached hydrogens (tertiary/aromatic N) is 3. The summed E-state index contributed by atoms with van der Waals surface area (Å²) in [5.41, 5.74) is 1.21. The zero-order valence-electron chi connectivity index (χ0n) is 9.24. The molecule has 0 saturated heterocycles. The molecule has 0 amide bonds. The molecule has 4 nitrogen and oxygen atoms in total. The van der Waals surface area contributed by atoms with Crippen LogP contribution < -0.4 is 5.32 Å². The average molecular weight is 206 g/mol. The topological polar surface area (TPSA) is 42.2 Å². The maximum absolute atomic E-state index is 4.44. The van der Waals surface area contributed by atoms with Crippen LogP contribution in [0.15, 0.2) is 17.4 Å². The van der Waals surface area contributed by atoms with Crippen molar-refractivity contribution in [2.24, 2.45) is 4.99 Å². The lowest BCUT2D eigenvalue weighted by Gasteiger charge is -2.13. The van der Waals surface area contributed by atoms with Gasteiger partial charge in [0, 0.05) is 25.7 Å². The standard InChI is InChI=1S/C11H18N4/c1-10-8-14-15(9-10)7-6-13-11-4-2-3-5-12-11/h8-9H,2-7H2,1H3,(H,12,13). The molecule has 1 aliphatic rings. The lowest BCUT2D eigenvalue weighted by atomic mass is 10.2. The maximum atomic E-state index is 4.44. The van der Waals surface area contributed by atoms with Crippen molar-refractivity contribution in [2.75, 3.05) is 13.1 Å². The van der Waals surface area contributed by atoms with Gasteiger partial charge in [-0.25, -0.2) is 0 Å². The molecule has 82 valence electrons. The second kappa shape index (κ2) is 4.96. The first-order valence-corrected chi connectivity index (χ1v) is 5.61. The molecule has 0 aliphatic carbocycles. The quantitative estimate of drug-likeness (QED) is 0.811. The van der Waals surface area contributed by atoms with Crippen molar-refractivity contribution in [1.29, 1.82) is 0 Å². The highest BCUT2D eigenvalue weighted by molar-refractivity contribution is 5.82. The van der Waals surface area contributed by atoms with Crippen LogP contribution in [-0.4, -0.2) is 28.7 Å². The molecule has 0 atom stereocenters. The Bertz CT molecular complexity index is 340. The van der Waals surface area contributed by atoms with Crippen LogP contribution in [0.5, 0.6) is 0 Å². The minimum absolute atomic E-state index is 0.910. The Morgan fingerprint density at radius 1 is 1.47 bits per heavy atom. The van der Waals surface area contributed by atoms with Crippen molar-refractivity contribution in [3.63, 3.8) is 0 Å². The Kier molecular flexibility index (Phi) is 3.37. The van der Waals surface area contributed by atoms with E-state index in [1.807, 2.05) is 10.9 Å². The second-order valence-electron chi connectivity index (χ2n) is 3.99. The summed E-state index contributed by atoms with van der Waals surface area (Å²) < 4.78 is 1.96. The van der Waals surface area contributed by atoms with Crippen molar-refractivity contribution < 1.29 is 0 Å².